The first kappa shape index (κ1) is 18.0. The number of aromatic nitrogens is 2. The third-order valence-corrected chi connectivity index (χ3v) is 5.83. The van der Waals surface area contributed by atoms with Crippen LogP contribution in [0.1, 0.15) is 18.0 Å². The normalized spacial score (nSPS) is 22.2. The summed E-state index contributed by atoms with van der Waals surface area (Å²) in [6.45, 7) is 2.88. The molecule has 7 nitrogen and oxygen atoms in total. The molecule has 2 aliphatic heterocycles. The van der Waals surface area contributed by atoms with Gasteiger partial charge in [-0.1, -0.05) is 42.5 Å². The van der Waals surface area contributed by atoms with Gasteiger partial charge in [-0.2, -0.15) is 0 Å². The number of hydrogen-bond acceptors (Lipinski definition) is 6. The van der Waals surface area contributed by atoms with Crippen molar-refractivity contribution in [3.63, 3.8) is 0 Å². The van der Waals surface area contributed by atoms with Gasteiger partial charge >= 0.3 is 0 Å². The molecule has 3 heterocycles. The molecule has 5 rings (SSSR count). The van der Waals surface area contributed by atoms with Gasteiger partial charge in [-0.25, -0.2) is 20.8 Å². The van der Waals surface area contributed by atoms with Gasteiger partial charge in [-0.05, 0) is 28.8 Å². The largest absolute Gasteiger partial charge is 0.338 e. The molecule has 2 unspecified atom stereocenters. The van der Waals surface area contributed by atoms with E-state index in [1.54, 1.807) is 12.4 Å². The Morgan fingerprint density at radius 2 is 1.66 bits per heavy atom. The monoisotopic (exact) mass is 388 g/mol. The van der Waals surface area contributed by atoms with Gasteiger partial charge in [0.25, 0.3) is 0 Å². The maximum Gasteiger partial charge on any atom is 0.241 e. The molecule has 29 heavy (non-hydrogen) atoms. The number of carbonyl (C=O) groups excluding carboxylic acids is 1. The van der Waals surface area contributed by atoms with Gasteiger partial charge in [-0.3, -0.25) is 4.79 Å². The summed E-state index contributed by atoms with van der Waals surface area (Å²) in [5.74, 6) is 0.894. The predicted octanol–water partition coefficient (Wildman–Crippen LogP) is 1.89. The zero-order valence-corrected chi connectivity index (χ0v) is 16.2. The molecule has 2 fully saturated rings. The fourth-order valence-corrected chi connectivity index (χ4v) is 4.28. The lowest BCUT2D eigenvalue weighted by Crippen LogP contribution is -2.54. The van der Waals surface area contributed by atoms with E-state index in [2.05, 4.69) is 68.2 Å². The number of amides is 1. The van der Waals surface area contributed by atoms with Gasteiger partial charge in [0.15, 0.2) is 0 Å². The quantitative estimate of drug-likeness (QED) is 0.714. The summed E-state index contributed by atoms with van der Waals surface area (Å²) in [6.07, 6.45) is 4.25. The van der Waals surface area contributed by atoms with Crippen LogP contribution >= 0.6 is 0 Å². The van der Waals surface area contributed by atoms with Crippen LogP contribution in [0.4, 0.5) is 5.95 Å². The van der Waals surface area contributed by atoms with Gasteiger partial charge in [0.2, 0.25) is 11.9 Å². The average molecular weight is 388 g/mol. The van der Waals surface area contributed by atoms with Crippen molar-refractivity contribution in [1.29, 1.82) is 0 Å². The average Bonchev–Trinajstić information content (AvgIpc) is 3.29. The Hall–Kier alpha value is -3.03. The number of nitrogens with zero attached hydrogens (tertiary/aromatic N) is 4. The Morgan fingerprint density at radius 1 is 0.897 bits per heavy atom. The minimum absolute atomic E-state index is 0.119. The van der Waals surface area contributed by atoms with Crippen LogP contribution in [-0.2, 0) is 4.79 Å². The molecular weight excluding hydrogens is 364 g/mol. The third-order valence-electron chi connectivity index (χ3n) is 5.83. The predicted molar refractivity (Wildman–Crippen MR) is 112 cm³/mol. The van der Waals surface area contributed by atoms with E-state index in [0.29, 0.717) is 13.1 Å². The number of hydrazine groups is 1. The molecular formula is C22H24N6O. The first-order chi connectivity index (χ1) is 14.3. The number of carbonyl (C=O) groups is 1. The van der Waals surface area contributed by atoms with E-state index in [9.17, 15) is 4.79 Å². The molecule has 7 heteroatoms. The maximum atomic E-state index is 13.1. The van der Waals surface area contributed by atoms with Gasteiger partial charge in [0.1, 0.15) is 6.04 Å². The molecule has 3 aromatic rings. The molecule has 1 aromatic heterocycles. The van der Waals surface area contributed by atoms with Crippen LogP contribution in [-0.4, -0.2) is 53.0 Å². The van der Waals surface area contributed by atoms with Crippen molar-refractivity contribution < 1.29 is 4.79 Å². The molecule has 2 atom stereocenters. The molecule has 148 valence electrons. The fourth-order valence-electron chi connectivity index (χ4n) is 4.28. The fraction of sp³-hybridized carbons (Fsp3) is 0.318. The van der Waals surface area contributed by atoms with Gasteiger partial charge in [0, 0.05) is 44.6 Å². The summed E-state index contributed by atoms with van der Waals surface area (Å²) in [4.78, 5) is 25.7. The van der Waals surface area contributed by atoms with Gasteiger partial charge in [0.05, 0.1) is 0 Å². The van der Waals surface area contributed by atoms with Crippen molar-refractivity contribution in [1.82, 2.24) is 25.7 Å². The Morgan fingerprint density at radius 3 is 2.48 bits per heavy atom. The Bertz CT molecular complexity index is 997. The smallest absolute Gasteiger partial charge is 0.241 e. The van der Waals surface area contributed by atoms with Crippen LogP contribution < -0.4 is 15.8 Å². The highest BCUT2D eigenvalue weighted by Crippen LogP contribution is 2.29. The highest BCUT2D eigenvalue weighted by atomic mass is 16.2. The summed E-state index contributed by atoms with van der Waals surface area (Å²) < 4.78 is 0. The Labute approximate surface area is 169 Å². The molecule has 0 bridgehead atoms. The number of rotatable bonds is 3. The SMILES string of the molecule is O=C(C1CC(c2cccc3ccccc23)NN1)N1CCN(c2ncccn2)CC1. The molecule has 2 aromatic carbocycles. The Balaban J connectivity index is 1.23. The lowest BCUT2D eigenvalue weighted by molar-refractivity contribution is -0.133. The van der Waals surface area contributed by atoms with Crippen molar-refractivity contribution in [3.05, 3.63) is 66.5 Å². The molecule has 0 radical (unpaired) electrons. The number of hydrogen-bond donors (Lipinski definition) is 2. The zero-order chi connectivity index (χ0) is 19.6. The van der Waals surface area contributed by atoms with Crippen molar-refractivity contribution in [2.75, 3.05) is 31.1 Å². The van der Waals surface area contributed by atoms with Crippen LogP contribution in [0.5, 0.6) is 0 Å². The molecule has 1 amide bonds. The van der Waals surface area contributed by atoms with E-state index in [1.807, 2.05) is 11.0 Å². The van der Waals surface area contributed by atoms with Crippen LogP contribution in [0.15, 0.2) is 60.9 Å². The molecule has 0 aliphatic carbocycles. The lowest BCUT2D eigenvalue weighted by Gasteiger charge is -2.35. The van der Waals surface area contributed by atoms with Crippen molar-refractivity contribution in [3.8, 4) is 0 Å². The van der Waals surface area contributed by atoms with Crippen LogP contribution in [0.3, 0.4) is 0 Å². The molecule has 0 saturated carbocycles. The number of nitrogens with one attached hydrogen (secondary N) is 2. The summed E-state index contributed by atoms with van der Waals surface area (Å²) in [5, 5.41) is 2.46. The first-order valence-electron chi connectivity index (χ1n) is 10.1. The number of benzene rings is 2. The number of piperazine rings is 1. The van der Waals surface area contributed by atoms with E-state index >= 15 is 0 Å². The molecule has 2 N–H and O–H groups in total. The minimum Gasteiger partial charge on any atom is -0.338 e. The highest BCUT2D eigenvalue weighted by Gasteiger charge is 2.34. The van der Waals surface area contributed by atoms with Crippen molar-refractivity contribution in [2.45, 2.75) is 18.5 Å². The second-order valence-corrected chi connectivity index (χ2v) is 7.56. The van der Waals surface area contributed by atoms with Crippen LogP contribution in [0.25, 0.3) is 10.8 Å². The zero-order valence-electron chi connectivity index (χ0n) is 16.2. The second-order valence-electron chi connectivity index (χ2n) is 7.56. The summed E-state index contributed by atoms with van der Waals surface area (Å²) in [5.41, 5.74) is 7.81. The van der Waals surface area contributed by atoms with Crippen molar-refractivity contribution >= 4 is 22.6 Å². The minimum atomic E-state index is -0.210. The van der Waals surface area contributed by atoms with E-state index in [4.69, 9.17) is 0 Å². The highest BCUT2D eigenvalue weighted by molar-refractivity contribution is 5.87. The van der Waals surface area contributed by atoms with Gasteiger partial charge in [-0.15, -0.1) is 0 Å². The molecule has 0 spiro atoms. The first-order valence-corrected chi connectivity index (χ1v) is 10.1. The van der Waals surface area contributed by atoms with Crippen LogP contribution in [0, 0.1) is 0 Å². The van der Waals surface area contributed by atoms with E-state index in [1.165, 1.54) is 16.3 Å². The lowest BCUT2D eigenvalue weighted by atomic mass is 9.96. The molecule has 2 aliphatic rings. The van der Waals surface area contributed by atoms with E-state index < -0.39 is 0 Å². The van der Waals surface area contributed by atoms with E-state index in [0.717, 1.165) is 25.5 Å². The Kier molecular flexibility index (Phi) is 4.83. The maximum absolute atomic E-state index is 13.1. The third kappa shape index (κ3) is 3.54. The van der Waals surface area contributed by atoms with Crippen molar-refractivity contribution in [2.24, 2.45) is 0 Å². The molecule has 2 saturated heterocycles. The number of anilines is 1. The second kappa shape index (κ2) is 7.77. The standard InChI is InChI=1S/C22H24N6O/c29-21(27-11-13-28(14-12-27)22-23-9-4-10-24-22)20-15-19(25-26-20)18-8-3-6-16-5-1-2-7-17(16)18/h1-10,19-20,25-26H,11-15H2. The summed E-state index contributed by atoms with van der Waals surface area (Å²) in [7, 11) is 0. The summed E-state index contributed by atoms with van der Waals surface area (Å²) >= 11 is 0. The van der Waals surface area contributed by atoms with Gasteiger partial charge < -0.3 is 9.80 Å². The van der Waals surface area contributed by atoms with Crippen LogP contribution in [0.2, 0.25) is 0 Å². The summed E-state index contributed by atoms with van der Waals surface area (Å²) in [6, 6.07) is 16.5. The van der Waals surface area contributed by atoms with E-state index in [-0.39, 0.29) is 18.0 Å². The topological polar surface area (TPSA) is 73.4 Å². The number of fused-ring (bicyclic) bond motifs is 1.